The van der Waals surface area contributed by atoms with Crippen LogP contribution in [0.2, 0.25) is 0 Å². The van der Waals surface area contributed by atoms with Crippen molar-refractivity contribution >= 4 is 28.6 Å². The minimum absolute atomic E-state index is 0.00257. The van der Waals surface area contributed by atoms with Gasteiger partial charge in [-0.25, -0.2) is 9.78 Å². The Bertz CT molecular complexity index is 1950. The van der Waals surface area contributed by atoms with E-state index >= 15 is 0 Å². The van der Waals surface area contributed by atoms with E-state index in [1.807, 2.05) is 30.3 Å². The molecule has 2 fully saturated rings. The van der Waals surface area contributed by atoms with Crippen molar-refractivity contribution in [1.29, 1.82) is 0 Å². The highest BCUT2D eigenvalue weighted by Crippen LogP contribution is 2.33. The first-order valence-electron chi connectivity index (χ1n) is 16.6. The number of aromatic nitrogens is 3. The predicted octanol–water partition coefficient (Wildman–Crippen LogP) is 3.96. The molecule has 0 radical (unpaired) electrons. The number of hydrogen-bond acceptors (Lipinski definition) is 11. The van der Waals surface area contributed by atoms with Gasteiger partial charge in [0.25, 0.3) is 0 Å². The van der Waals surface area contributed by atoms with Crippen LogP contribution in [-0.4, -0.2) is 79.1 Å². The van der Waals surface area contributed by atoms with E-state index in [4.69, 9.17) is 30.4 Å². The van der Waals surface area contributed by atoms with E-state index in [1.54, 1.807) is 26.6 Å². The largest absolute Gasteiger partial charge is 0.493 e. The molecule has 1 saturated heterocycles. The number of ether oxygens (including phenoxy) is 4. The van der Waals surface area contributed by atoms with Crippen molar-refractivity contribution in [3.05, 3.63) is 80.8 Å². The summed E-state index contributed by atoms with van der Waals surface area (Å²) < 4.78 is 24.3. The third-order valence-electron chi connectivity index (χ3n) is 9.19. The molecule has 0 bridgehead atoms. The van der Waals surface area contributed by atoms with Crippen molar-refractivity contribution in [3.8, 4) is 23.3 Å². The van der Waals surface area contributed by atoms with Gasteiger partial charge in [0, 0.05) is 55.6 Å². The molecule has 1 aliphatic heterocycles. The molecular formula is C37H42N6O6. The Morgan fingerprint density at radius 1 is 1.04 bits per heavy atom. The van der Waals surface area contributed by atoms with Crippen molar-refractivity contribution in [2.45, 2.75) is 44.6 Å². The van der Waals surface area contributed by atoms with Crippen LogP contribution in [0.25, 0.3) is 10.9 Å². The van der Waals surface area contributed by atoms with Gasteiger partial charge in [0.05, 0.1) is 43.9 Å². The van der Waals surface area contributed by atoms with Gasteiger partial charge < -0.3 is 35.0 Å². The highest BCUT2D eigenvalue weighted by atomic mass is 16.5. The summed E-state index contributed by atoms with van der Waals surface area (Å²) in [7, 11) is 3.15. The second-order valence-electron chi connectivity index (χ2n) is 12.3. The molecule has 1 saturated carbocycles. The Morgan fingerprint density at radius 3 is 2.57 bits per heavy atom. The Labute approximate surface area is 285 Å². The zero-order valence-corrected chi connectivity index (χ0v) is 28.0. The number of para-hydroxylation sites is 1. The SMILES string of the molecule is COc1cccc(C#Cc2cc(Cc3cnc(N)nc3N)c3c(=O)c(C(=O)OCCN4CCOCC4)cn(C4CCCCC4)c3c2)c1OC. The van der Waals surface area contributed by atoms with Crippen LogP contribution in [-0.2, 0) is 15.9 Å². The molecule has 2 aromatic carbocycles. The van der Waals surface area contributed by atoms with Crippen LogP contribution in [0.5, 0.6) is 11.5 Å². The van der Waals surface area contributed by atoms with Crippen LogP contribution in [0, 0.1) is 11.8 Å². The number of hydrogen-bond donors (Lipinski definition) is 2. The number of nitrogen functional groups attached to an aromatic ring is 2. The minimum atomic E-state index is -0.639. The molecule has 3 heterocycles. The van der Waals surface area contributed by atoms with Gasteiger partial charge in [-0.3, -0.25) is 9.69 Å². The summed E-state index contributed by atoms with van der Waals surface area (Å²) in [6.45, 7) is 3.60. The van der Waals surface area contributed by atoms with Crippen molar-refractivity contribution in [1.82, 2.24) is 19.4 Å². The summed E-state index contributed by atoms with van der Waals surface area (Å²) in [4.78, 5) is 38.4. The molecule has 49 heavy (non-hydrogen) atoms. The third kappa shape index (κ3) is 7.63. The van der Waals surface area contributed by atoms with Crippen molar-refractivity contribution in [2.24, 2.45) is 0 Å². The van der Waals surface area contributed by atoms with Crippen molar-refractivity contribution < 1.29 is 23.7 Å². The number of carbonyl (C=O) groups excluding carboxylic acids is 1. The summed E-state index contributed by atoms with van der Waals surface area (Å²) in [5.74, 6) is 7.25. The lowest BCUT2D eigenvalue weighted by atomic mass is 9.92. The monoisotopic (exact) mass is 666 g/mol. The smallest absolute Gasteiger partial charge is 0.343 e. The van der Waals surface area contributed by atoms with Crippen LogP contribution in [0.4, 0.5) is 11.8 Å². The summed E-state index contributed by atoms with van der Waals surface area (Å²) in [6.07, 6.45) is 8.57. The Kier molecular flexibility index (Phi) is 10.6. The van der Waals surface area contributed by atoms with Crippen LogP contribution >= 0.6 is 0 Å². The number of nitrogens with zero attached hydrogens (tertiary/aromatic N) is 4. The number of carbonyl (C=O) groups is 1. The zero-order chi connectivity index (χ0) is 34.3. The van der Waals surface area contributed by atoms with Crippen LogP contribution in [0.3, 0.4) is 0 Å². The Hall–Kier alpha value is -5.12. The van der Waals surface area contributed by atoms with E-state index in [2.05, 4.69) is 31.3 Å². The number of fused-ring (bicyclic) bond motifs is 1. The summed E-state index contributed by atoms with van der Waals surface area (Å²) in [5.41, 5.74) is 14.9. The van der Waals surface area contributed by atoms with Crippen molar-refractivity contribution in [2.75, 3.05) is 65.1 Å². The number of rotatable bonds is 9. The lowest BCUT2D eigenvalue weighted by Crippen LogP contribution is -2.38. The second-order valence-corrected chi connectivity index (χ2v) is 12.3. The quantitative estimate of drug-likeness (QED) is 0.197. The van der Waals surface area contributed by atoms with Crippen LogP contribution in [0.1, 0.15) is 70.8 Å². The third-order valence-corrected chi connectivity index (χ3v) is 9.19. The lowest BCUT2D eigenvalue weighted by Gasteiger charge is -2.28. The van der Waals surface area contributed by atoms with Gasteiger partial charge in [-0.05, 0) is 42.7 Å². The van der Waals surface area contributed by atoms with Gasteiger partial charge >= 0.3 is 5.97 Å². The summed E-state index contributed by atoms with van der Waals surface area (Å²) in [6, 6.07) is 9.39. The number of anilines is 2. The summed E-state index contributed by atoms with van der Waals surface area (Å²) >= 11 is 0. The van der Waals surface area contributed by atoms with E-state index in [1.165, 1.54) is 0 Å². The number of pyridine rings is 1. The first-order valence-corrected chi connectivity index (χ1v) is 16.6. The molecule has 2 aliphatic rings. The van der Waals surface area contributed by atoms with Gasteiger partial charge in [0.1, 0.15) is 18.0 Å². The number of esters is 1. The molecule has 4 aromatic rings. The number of nitrogens with two attached hydrogens (primary N) is 2. The molecule has 6 rings (SSSR count). The normalized spacial score (nSPS) is 15.4. The molecule has 0 spiro atoms. The van der Waals surface area contributed by atoms with E-state index in [9.17, 15) is 9.59 Å². The van der Waals surface area contributed by atoms with E-state index in [-0.39, 0.29) is 36.4 Å². The van der Waals surface area contributed by atoms with Gasteiger partial charge in [-0.2, -0.15) is 4.98 Å². The van der Waals surface area contributed by atoms with Gasteiger partial charge in [-0.1, -0.05) is 37.2 Å². The lowest BCUT2D eigenvalue weighted by molar-refractivity contribution is 0.0194. The van der Waals surface area contributed by atoms with Crippen LogP contribution < -0.4 is 26.4 Å². The van der Waals surface area contributed by atoms with E-state index < -0.39 is 11.4 Å². The molecular weight excluding hydrogens is 624 g/mol. The van der Waals surface area contributed by atoms with Gasteiger partial charge in [0.15, 0.2) is 11.5 Å². The number of morpholine rings is 1. The molecule has 4 N–H and O–H groups in total. The molecule has 0 amide bonds. The van der Waals surface area contributed by atoms with Crippen LogP contribution in [0.15, 0.2) is 47.5 Å². The molecule has 0 unspecified atom stereocenters. The second kappa shape index (κ2) is 15.4. The minimum Gasteiger partial charge on any atom is -0.493 e. The standard InChI is InChI=1S/C37H42N6O6/c1-46-31-10-6-7-25(34(31)47-2)12-11-24-19-26(21-27-22-40-37(39)41-35(27)38)32-30(20-24)43(28-8-4-3-5-9-28)23-29(33(32)44)36(45)49-18-15-42-13-16-48-17-14-42/h6-7,10,19-20,22-23,28H,3-5,8-9,13-18,21H2,1-2H3,(H4,38,39,40,41). The first-order chi connectivity index (χ1) is 23.9. The fourth-order valence-corrected chi connectivity index (χ4v) is 6.64. The highest BCUT2D eigenvalue weighted by Gasteiger charge is 2.25. The molecule has 1 aliphatic carbocycles. The fraction of sp³-hybridized carbons (Fsp3) is 0.405. The Morgan fingerprint density at radius 2 is 1.84 bits per heavy atom. The maximum absolute atomic E-state index is 14.4. The summed E-state index contributed by atoms with van der Waals surface area (Å²) in [5, 5.41) is 0.411. The topological polar surface area (TPSA) is 157 Å². The number of benzene rings is 2. The molecule has 2 aromatic heterocycles. The maximum atomic E-state index is 14.4. The van der Waals surface area contributed by atoms with E-state index in [0.717, 1.165) is 45.2 Å². The average Bonchev–Trinajstić information content (AvgIpc) is 3.12. The van der Waals surface area contributed by atoms with Gasteiger partial charge in [-0.15, -0.1) is 0 Å². The fourth-order valence-electron chi connectivity index (χ4n) is 6.64. The van der Waals surface area contributed by atoms with Crippen molar-refractivity contribution in [3.63, 3.8) is 0 Å². The molecule has 256 valence electrons. The molecule has 0 atom stereocenters. The molecule has 12 heteroatoms. The van der Waals surface area contributed by atoms with E-state index in [0.29, 0.717) is 64.4 Å². The first kappa shape index (κ1) is 33.8. The maximum Gasteiger partial charge on any atom is 0.343 e. The molecule has 12 nitrogen and oxygen atoms in total. The predicted molar refractivity (Wildman–Crippen MR) is 187 cm³/mol. The number of methoxy groups -OCH3 is 2. The zero-order valence-electron chi connectivity index (χ0n) is 28.0. The highest BCUT2D eigenvalue weighted by molar-refractivity contribution is 5.95. The Balaban J connectivity index is 1.49. The van der Waals surface area contributed by atoms with Gasteiger partial charge in [0.2, 0.25) is 11.4 Å². The average molecular weight is 667 g/mol.